The minimum atomic E-state index is -3.00. The molecule has 1 amide bonds. The fourth-order valence-electron chi connectivity index (χ4n) is 4.01. The van der Waals surface area contributed by atoms with Crippen molar-refractivity contribution in [2.24, 2.45) is 5.41 Å². The number of nitrogens with two attached hydrogens (primary N) is 1. The predicted octanol–water partition coefficient (Wildman–Crippen LogP) is 2.24. The summed E-state index contributed by atoms with van der Waals surface area (Å²) in [4.78, 5) is 25.5. The van der Waals surface area contributed by atoms with E-state index in [-0.39, 0.29) is 11.7 Å². The number of nitrogens with one attached hydrogen (secondary N) is 1. The lowest BCUT2D eigenvalue weighted by Crippen LogP contribution is -2.49. The monoisotopic (exact) mass is 424 g/mol. The normalized spacial score (nSPS) is 16.9. The first-order valence-corrected chi connectivity index (χ1v) is 12.1. The average Bonchev–Trinajstić information content (AvgIpc) is 3.15. The fourth-order valence-corrected chi connectivity index (χ4v) is 4.73. The van der Waals surface area contributed by atoms with E-state index in [1.54, 1.807) is 12.1 Å². The molecule has 2 rings (SSSR count). The Balaban J connectivity index is 2.05. The van der Waals surface area contributed by atoms with Gasteiger partial charge in [-0.1, -0.05) is 31.4 Å². The zero-order valence-electron chi connectivity index (χ0n) is 17.3. The van der Waals surface area contributed by atoms with Gasteiger partial charge in [0.2, 0.25) is 5.91 Å². The fraction of sp³-hybridized carbons (Fsp3) is 0.619. The number of rotatable bonds is 10. The number of methoxy groups -OCH3 is 1. The van der Waals surface area contributed by atoms with Crippen LogP contribution in [-0.4, -0.2) is 45.5 Å². The Morgan fingerprint density at radius 3 is 2.34 bits per heavy atom. The molecule has 1 atom stereocenters. The van der Waals surface area contributed by atoms with Gasteiger partial charge in [0.05, 0.1) is 7.11 Å². The number of unbranched alkanes of at least 4 members (excludes halogenated alkanes) is 1. The molecule has 0 aromatic heterocycles. The second kappa shape index (κ2) is 10.1. The highest BCUT2D eigenvalue weighted by atomic mass is 32.2. The summed E-state index contributed by atoms with van der Waals surface area (Å²) in [5.41, 5.74) is 6.68. The molecule has 0 bridgehead atoms. The quantitative estimate of drug-likeness (QED) is 0.338. The van der Waals surface area contributed by atoms with Gasteiger partial charge in [-0.3, -0.25) is 4.79 Å². The summed E-state index contributed by atoms with van der Waals surface area (Å²) in [6.07, 6.45) is 6.82. The molecule has 1 aromatic rings. The molecule has 0 aliphatic heterocycles. The van der Waals surface area contributed by atoms with Gasteiger partial charge >= 0.3 is 5.97 Å². The number of esters is 1. The van der Waals surface area contributed by atoms with Crippen molar-refractivity contribution >= 4 is 27.4 Å². The number of carbonyl (C=O) groups excluding carboxylic acids is 2. The minimum absolute atomic E-state index is 0.132. The van der Waals surface area contributed by atoms with Crippen LogP contribution in [0.4, 0.5) is 5.69 Å². The van der Waals surface area contributed by atoms with Crippen LogP contribution in [0.2, 0.25) is 0 Å². The lowest BCUT2D eigenvalue weighted by atomic mass is 9.80. The lowest BCUT2D eigenvalue weighted by molar-refractivity contribution is -0.146. The Labute approximate surface area is 173 Å². The summed E-state index contributed by atoms with van der Waals surface area (Å²) in [6.45, 7) is 0. The van der Waals surface area contributed by atoms with Gasteiger partial charge in [-0.2, -0.15) is 0 Å². The highest BCUT2D eigenvalue weighted by Gasteiger charge is 2.41. The minimum Gasteiger partial charge on any atom is -0.467 e. The van der Waals surface area contributed by atoms with Crippen molar-refractivity contribution in [1.29, 1.82) is 0 Å². The first kappa shape index (κ1) is 23.2. The number of benzene rings is 1. The Kier molecular flexibility index (Phi) is 8.07. The van der Waals surface area contributed by atoms with E-state index in [0.29, 0.717) is 31.4 Å². The summed E-state index contributed by atoms with van der Waals surface area (Å²) >= 11 is 0. The SMILES string of the molecule is COC(=O)[C@H](Cc1ccc(N)cc1)NC(=O)C1(CCCCS(C)(=O)=O)CCCC1. The molecule has 0 unspecified atom stereocenters. The molecule has 0 radical (unpaired) electrons. The summed E-state index contributed by atoms with van der Waals surface area (Å²) < 4.78 is 27.6. The zero-order chi connectivity index (χ0) is 21.5. The Morgan fingerprint density at radius 1 is 1.17 bits per heavy atom. The van der Waals surface area contributed by atoms with Crippen molar-refractivity contribution in [3.05, 3.63) is 29.8 Å². The Morgan fingerprint density at radius 2 is 1.79 bits per heavy atom. The molecule has 0 saturated heterocycles. The maximum atomic E-state index is 13.2. The third-order valence-corrected chi connectivity index (χ3v) is 6.70. The number of anilines is 1. The number of hydrogen-bond acceptors (Lipinski definition) is 6. The number of hydrogen-bond donors (Lipinski definition) is 2. The second-order valence-corrected chi connectivity index (χ2v) is 10.3. The predicted molar refractivity (Wildman–Crippen MR) is 113 cm³/mol. The molecule has 1 aromatic carbocycles. The number of ether oxygens (including phenoxy) is 1. The van der Waals surface area contributed by atoms with Gasteiger partial charge in [0.15, 0.2) is 0 Å². The van der Waals surface area contributed by atoms with Crippen molar-refractivity contribution in [3.63, 3.8) is 0 Å². The molecule has 1 fully saturated rings. The van der Waals surface area contributed by atoms with Crippen molar-refractivity contribution in [2.45, 2.75) is 57.4 Å². The van der Waals surface area contributed by atoms with Gasteiger partial charge < -0.3 is 15.8 Å². The topological polar surface area (TPSA) is 116 Å². The lowest BCUT2D eigenvalue weighted by Gasteiger charge is -2.30. The van der Waals surface area contributed by atoms with Crippen LogP contribution in [-0.2, 0) is 30.6 Å². The smallest absolute Gasteiger partial charge is 0.328 e. The third-order valence-electron chi connectivity index (χ3n) is 5.67. The second-order valence-electron chi connectivity index (χ2n) is 8.07. The van der Waals surface area contributed by atoms with E-state index in [1.807, 2.05) is 12.1 Å². The van der Waals surface area contributed by atoms with E-state index in [4.69, 9.17) is 10.5 Å². The number of carbonyl (C=O) groups is 2. The number of sulfone groups is 1. The van der Waals surface area contributed by atoms with E-state index in [0.717, 1.165) is 31.2 Å². The molecule has 1 saturated carbocycles. The standard InChI is InChI=1S/C21H32N2O5S/c1-28-19(24)18(15-16-7-9-17(22)10-8-16)23-20(25)21(11-3-4-12-21)13-5-6-14-29(2,26)27/h7-10,18H,3-6,11-15,22H2,1-2H3,(H,23,25)/t18-/m0/s1. The van der Waals surface area contributed by atoms with Crippen LogP contribution in [0.1, 0.15) is 50.5 Å². The molecule has 1 aliphatic carbocycles. The molecule has 3 N–H and O–H groups in total. The van der Waals surface area contributed by atoms with Gasteiger partial charge in [-0.25, -0.2) is 13.2 Å². The molecule has 29 heavy (non-hydrogen) atoms. The first-order chi connectivity index (χ1) is 13.6. The van der Waals surface area contributed by atoms with E-state index < -0.39 is 27.3 Å². The largest absolute Gasteiger partial charge is 0.467 e. The molecular weight excluding hydrogens is 392 g/mol. The molecular formula is C21H32N2O5S. The van der Waals surface area contributed by atoms with Crippen molar-refractivity contribution < 1.29 is 22.7 Å². The molecule has 162 valence electrons. The van der Waals surface area contributed by atoms with Crippen LogP contribution in [0.25, 0.3) is 0 Å². The first-order valence-electron chi connectivity index (χ1n) is 10.1. The van der Waals surface area contributed by atoms with E-state index >= 15 is 0 Å². The van der Waals surface area contributed by atoms with Crippen LogP contribution in [0.3, 0.4) is 0 Å². The molecule has 7 nitrogen and oxygen atoms in total. The highest BCUT2D eigenvalue weighted by molar-refractivity contribution is 7.90. The van der Waals surface area contributed by atoms with Crippen molar-refractivity contribution in [2.75, 3.05) is 24.9 Å². The summed E-state index contributed by atoms with van der Waals surface area (Å²) in [6, 6.07) is 6.39. The molecule has 8 heteroatoms. The van der Waals surface area contributed by atoms with Crippen LogP contribution >= 0.6 is 0 Å². The van der Waals surface area contributed by atoms with Crippen LogP contribution in [0.15, 0.2) is 24.3 Å². The van der Waals surface area contributed by atoms with Gasteiger partial charge in [0.1, 0.15) is 15.9 Å². The van der Waals surface area contributed by atoms with E-state index in [9.17, 15) is 18.0 Å². The molecule has 1 aliphatic rings. The summed E-state index contributed by atoms with van der Waals surface area (Å²) in [5, 5.41) is 2.91. The van der Waals surface area contributed by atoms with Crippen LogP contribution in [0.5, 0.6) is 0 Å². The Hall–Kier alpha value is -2.09. The van der Waals surface area contributed by atoms with Gasteiger partial charge in [-0.05, 0) is 43.4 Å². The number of nitrogen functional groups attached to an aromatic ring is 1. The van der Waals surface area contributed by atoms with Crippen LogP contribution < -0.4 is 11.1 Å². The molecule has 0 spiro atoms. The van der Waals surface area contributed by atoms with Crippen molar-refractivity contribution in [3.8, 4) is 0 Å². The highest BCUT2D eigenvalue weighted by Crippen LogP contribution is 2.42. The van der Waals surface area contributed by atoms with Gasteiger partial charge in [0, 0.05) is 29.5 Å². The van der Waals surface area contributed by atoms with E-state index in [2.05, 4.69) is 5.32 Å². The van der Waals surface area contributed by atoms with Gasteiger partial charge in [0.25, 0.3) is 0 Å². The zero-order valence-corrected chi connectivity index (χ0v) is 18.1. The summed E-state index contributed by atoms with van der Waals surface area (Å²) in [7, 11) is -1.70. The maximum Gasteiger partial charge on any atom is 0.328 e. The average molecular weight is 425 g/mol. The van der Waals surface area contributed by atoms with Crippen molar-refractivity contribution in [1.82, 2.24) is 5.32 Å². The number of amides is 1. The maximum absolute atomic E-state index is 13.2. The molecule has 0 heterocycles. The van der Waals surface area contributed by atoms with Gasteiger partial charge in [-0.15, -0.1) is 0 Å². The van der Waals surface area contributed by atoms with E-state index in [1.165, 1.54) is 13.4 Å². The third kappa shape index (κ3) is 7.03. The Bertz CT molecular complexity index is 799. The summed E-state index contributed by atoms with van der Waals surface area (Å²) in [5.74, 6) is -0.493. The van der Waals surface area contributed by atoms with Crippen LogP contribution in [0, 0.1) is 5.41 Å².